The molecule has 36 heavy (non-hydrogen) atoms. The Kier molecular flexibility index (Phi) is 5.45. The van der Waals surface area contributed by atoms with Crippen LogP contribution in [0.5, 0.6) is 0 Å². The van der Waals surface area contributed by atoms with Gasteiger partial charge in [0.15, 0.2) is 11.5 Å². The third-order valence-corrected chi connectivity index (χ3v) is 7.06. The van der Waals surface area contributed by atoms with Crippen LogP contribution in [0.3, 0.4) is 0 Å². The van der Waals surface area contributed by atoms with E-state index in [9.17, 15) is 4.39 Å². The van der Waals surface area contributed by atoms with Crippen LogP contribution in [0.4, 0.5) is 16.2 Å². The van der Waals surface area contributed by atoms with Crippen molar-refractivity contribution in [3.63, 3.8) is 0 Å². The number of imidazole rings is 1. The summed E-state index contributed by atoms with van der Waals surface area (Å²) in [6.45, 7) is 11.7. The van der Waals surface area contributed by atoms with Crippen molar-refractivity contribution >= 4 is 22.9 Å². The SMILES string of the molecule is Cc1nc2ncc(-c3nc(Nc4ccc(CN5CC6(CN(C)C6)C5)cn4)ncc3F)cc2n1C(C)C. The number of nitrogens with zero attached hydrogens (tertiary/aromatic N) is 8. The maximum atomic E-state index is 14.8. The van der Waals surface area contributed by atoms with Crippen molar-refractivity contribution in [2.24, 2.45) is 5.41 Å². The quantitative estimate of drug-likeness (QED) is 0.439. The summed E-state index contributed by atoms with van der Waals surface area (Å²) in [5.41, 5.74) is 3.92. The summed E-state index contributed by atoms with van der Waals surface area (Å²) in [7, 11) is 2.18. The molecule has 0 aromatic carbocycles. The lowest BCUT2D eigenvalue weighted by molar-refractivity contribution is -0.108. The molecule has 0 saturated carbocycles. The zero-order valence-corrected chi connectivity index (χ0v) is 21.0. The minimum Gasteiger partial charge on any atom is -0.324 e. The summed E-state index contributed by atoms with van der Waals surface area (Å²) in [4.78, 5) is 26.9. The molecule has 4 aromatic heterocycles. The molecule has 4 aromatic rings. The second-order valence-electron chi connectivity index (χ2n) is 10.6. The van der Waals surface area contributed by atoms with Crippen molar-refractivity contribution in [2.45, 2.75) is 33.4 Å². The molecule has 2 aliphatic heterocycles. The van der Waals surface area contributed by atoms with Crippen molar-refractivity contribution in [1.82, 2.24) is 39.3 Å². The Balaban J connectivity index is 1.17. The number of anilines is 2. The largest absolute Gasteiger partial charge is 0.324 e. The molecule has 0 aliphatic carbocycles. The monoisotopic (exact) mass is 487 g/mol. The number of aromatic nitrogens is 6. The molecule has 6 rings (SSSR count). The summed E-state index contributed by atoms with van der Waals surface area (Å²) < 4.78 is 16.8. The van der Waals surface area contributed by atoms with Gasteiger partial charge in [-0.05, 0) is 45.5 Å². The zero-order chi connectivity index (χ0) is 25.0. The lowest BCUT2D eigenvalue weighted by Gasteiger charge is -2.59. The van der Waals surface area contributed by atoms with Crippen LogP contribution < -0.4 is 5.32 Å². The zero-order valence-electron chi connectivity index (χ0n) is 21.0. The molecule has 0 radical (unpaired) electrons. The smallest absolute Gasteiger partial charge is 0.229 e. The van der Waals surface area contributed by atoms with Crippen LogP contribution in [0.1, 0.15) is 31.3 Å². The molecule has 1 N–H and O–H groups in total. The van der Waals surface area contributed by atoms with E-state index in [2.05, 4.69) is 71.6 Å². The van der Waals surface area contributed by atoms with Gasteiger partial charge in [0.05, 0.1) is 11.7 Å². The third kappa shape index (κ3) is 4.10. The Morgan fingerprint density at radius 1 is 1.03 bits per heavy atom. The maximum Gasteiger partial charge on any atom is 0.229 e. The lowest BCUT2D eigenvalue weighted by Crippen LogP contribution is -2.70. The van der Waals surface area contributed by atoms with Gasteiger partial charge in [0, 0.05) is 62.1 Å². The molecule has 0 atom stereocenters. The number of nitrogens with one attached hydrogen (secondary N) is 1. The van der Waals surface area contributed by atoms with Gasteiger partial charge < -0.3 is 14.8 Å². The molecular weight excluding hydrogens is 457 g/mol. The van der Waals surface area contributed by atoms with Crippen molar-refractivity contribution in [3.05, 3.63) is 54.0 Å². The minimum absolute atomic E-state index is 0.182. The molecule has 1 spiro atoms. The van der Waals surface area contributed by atoms with Gasteiger partial charge in [0.2, 0.25) is 5.95 Å². The fraction of sp³-hybridized carbons (Fsp3) is 0.423. The Hall–Kier alpha value is -3.50. The minimum atomic E-state index is -0.512. The van der Waals surface area contributed by atoms with E-state index in [-0.39, 0.29) is 17.7 Å². The van der Waals surface area contributed by atoms with Crippen molar-refractivity contribution in [3.8, 4) is 11.3 Å². The second-order valence-corrected chi connectivity index (χ2v) is 10.6. The highest BCUT2D eigenvalue weighted by Crippen LogP contribution is 2.39. The van der Waals surface area contributed by atoms with Gasteiger partial charge in [-0.1, -0.05) is 6.07 Å². The average molecular weight is 488 g/mol. The average Bonchev–Trinajstić information content (AvgIpc) is 3.14. The molecule has 9 nitrogen and oxygen atoms in total. The molecule has 2 aliphatic rings. The highest BCUT2D eigenvalue weighted by molar-refractivity contribution is 5.78. The second kappa shape index (κ2) is 8.56. The molecule has 2 fully saturated rings. The summed E-state index contributed by atoms with van der Waals surface area (Å²) in [5.74, 6) is 1.24. The Labute approximate surface area is 209 Å². The predicted octanol–water partition coefficient (Wildman–Crippen LogP) is 3.80. The fourth-order valence-electron chi connectivity index (χ4n) is 5.78. The Bertz CT molecular complexity index is 1420. The molecule has 6 heterocycles. The lowest BCUT2D eigenvalue weighted by atomic mass is 9.73. The molecule has 186 valence electrons. The summed E-state index contributed by atoms with van der Waals surface area (Å²) >= 11 is 0. The van der Waals surface area contributed by atoms with Crippen molar-refractivity contribution < 1.29 is 4.39 Å². The Morgan fingerprint density at radius 3 is 2.53 bits per heavy atom. The maximum absolute atomic E-state index is 14.8. The first-order chi connectivity index (χ1) is 17.3. The summed E-state index contributed by atoms with van der Waals surface area (Å²) in [6.07, 6.45) is 4.65. The van der Waals surface area contributed by atoms with E-state index >= 15 is 0 Å². The first kappa shape index (κ1) is 22.9. The van der Waals surface area contributed by atoms with Gasteiger partial charge in [0.25, 0.3) is 0 Å². The van der Waals surface area contributed by atoms with Gasteiger partial charge in [-0.3, -0.25) is 4.90 Å². The Morgan fingerprint density at radius 2 is 1.83 bits per heavy atom. The van der Waals surface area contributed by atoms with Crippen molar-refractivity contribution in [1.29, 1.82) is 0 Å². The van der Waals surface area contributed by atoms with E-state index in [4.69, 9.17) is 0 Å². The number of halogens is 1. The van der Waals surface area contributed by atoms with Gasteiger partial charge in [-0.2, -0.15) is 0 Å². The first-order valence-corrected chi connectivity index (χ1v) is 12.3. The highest BCUT2D eigenvalue weighted by atomic mass is 19.1. The van der Waals surface area contributed by atoms with E-state index in [1.807, 2.05) is 25.3 Å². The molecule has 0 unspecified atom stereocenters. The van der Waals surface area contributed by atoms with Crippen LogP contribution in [0.2, 0.25) is 0 Å². The van der Waals surface area contributed by atoms with Gasteiger partial charge in [-0.15, -0.1) is 0 Å². The topological polar surface area (TPSA) is 87.9 Å². The first-order valence-electron chi connectivity index (χ1n) is 12.3. The van der Waals surface area contributed by atoms with Gasteiger partial charge in [0.1, 0.15) is 17.3 Å². The number of fused-ring (bicyclic) bond motifs is 1. The van der Waals surface area contributed by atoms with Crippen LogP contribution in [0, 0.1) is 18.2 Å². The van der Waals surface area contributed by atoms with Crippen LogP contribution in [-0.4, -0.2) is 72.5 Å². The van der Waals surface area contributed by atoms with E-state index in [1.54, 1.807) is 6.20 Å². The van der Waals surface area contributed by atoms with E-state index in [0.717, 1.165) is 31.0 Å². The molecule has 10 heteroatoms. The molecule has 0 bridgehead atoms. The number of pyridine rings is 2. The van der Waals surface area contributed by atoms with E-state index in [0.29, 0.717) is 22.4 Å². The third-order valence-electron chi connectivity index (χ3n) is 7.06. The molecular formula is C26H30FN9. The van der Waals surface area contributed by atoms with Gasteiger partial charge >= 0.3 is 0 Å². The number of hydrogen-bond acceptors (Lipinski definition) is 8. The standard InChI is InChI=1S/C26H30FN9/c1-16(2)36-17(3)31-24-21(36)7-19(9-29-24)23-20(27)10-30-25(33-23)32-22-6-5-18(8-28-22)11-35-14-26(15-35)12-34(4)13-26/h5-10,16H,11-15H2,1-4H3,(H,28,30,32,33). The van der Waals surface area contributed by atoms with E-state index < -0.39 is 5.82 Å². The van der Waals surface area contributed by atoms with Gasteiger partial charge in [-0.25, -0.2) is 29.3 Å². The number of rotatable bonds is 6. The molecule has 2 saturated heterocycles. The van der Waals surface area contributed by atoms with E-state index in [1.165, 1.54) is 24.8 Å². The summed E-state index contributed by atoms with van der Waals surface area (Å²) in [6, 6.07) is 6.05. The normalized spacial score (nSPS) is 17.5. The van der Waals surface area contributed by atoms with Crippen LogP contribution in [-0.2, 0) is 6.54 Å². The van der Waals surface area contributed by atoms with Crippen LogP contribution in [0.15, 0.2) is 36.8 Å². The predicted molar refractivity (Wildman–Crippen MR) is 136 cm³/mol. The highest BCUT2D eigenvalue weighted by Gasteiger charge is 2.49. The fourth-order valence-corrected chi connectivity index (χ4v) is 5.78. The van der Waals surface area contributed by atoms with Crippen LogP contribution in [0.25, 0.3) is 22.4 Å². The van der Waals surface area contributed by atoms with Crippen molar-refractivity contribution in [2.75, 3.05) is 38.5 Å². The number of aryl methyl sites for hydroxylation is 1. The number of likely N-dealkylation sites (tertiary alicyclic amines) is 2. The van der Waals surface area contributed by atoms with Crippen LogP contribution >= 0.6 is 0 Å². The summed E-state index contributed by atoms with van der Waals surface area (Å²) in [5, 5.41) is 3.10. The number of hydrogen-bond donors (Lipinski definition) is 1. The molecule has 0 amide bonds.